The molecule has 1 heterocycles. The Morgan fingerprint density at radius 1 is 1.08 bits per heavy atom. The van der Waals surface area contributed by atoms with Crippen molar-refractivity contribution < 1.29 is 14.5 Å². The number of nitro benzene ring substituents is 1. The standard InChI is InChI=1S/C18H14N4O4/c1-19-17(23)12-4-7-16(22(25)26)14(10-12)18(24)21-13-5-6-15-11(9-13)3-2-8-20-15/h2-10H,1H3,(H,19,23)(H,21,24). The van der Waals surface area contributed by atoms with Crippen LogP contribution in [0.5, 0.6) is 0 Å². The van der Waals surface area contributed by atoms with E-state index in [1.807, 2.05) is 6.07 Å². The number of carbonyl (C=O) groups is 2. The number of nitrogens with one attached hydrogen (secondary N) is 2. The minimum absolute atomic E-state index is 0.158. The van der Waals surface area contributed by atoms with Gasteiger partial charge in [0.2, 0.25) is 0 Å². The van der Waals surface area contributed by atoms with E-state index in [4.69, 9.17) is 0 Å². The van der Waals surface area contributed by atoms with Gasteiger partial charge in [0, 0.05) is 35.9 Å². The number of anilines is 1. The smallest absolute Gasteiger partial charge is 0.282 e. The molecule has 0 aliphatic heterocycles. The van der Waals surface area contributed by atoms with Crippen LogP contribution in [0.15, 0.2) is 54.7 Å². The summed E-state index contributed by atoms with van der Waals surface area (Å²) >= 11 is 0. The zero-order chi connectivity index (χ0) is 18.7. The van der Waals surface area contributed by atoms with E-state index in [9.17, 15) is 19.7 Å². The first-order valence-corrected chi connectivity index (χ1v) is 7.66. The van der Waals surface area contributed by atoms with Crippen molar-refractivity contribution in [1.82, 2.24) is 10.3 Å². The van der Waals surface area contributed by atoms with Crippen molar-refractivity contribution in [2.45, 2.75) is 0 Å². The van der Waals surface area contributed by atoms with Crippen molar-refractivity contribution in [3.05, 3.63) is 76.0 Å². The van der Waals surface area contributed by atoms with Gasteiger partial charge in [0.15, 0.2) is 0 Å². The molecule has 0 fully saturated rings. The number of hydrogen-bond acceptors (Lipinski definition) is 5. The first kappa shape index (κ1) is 17.0. The predicted molar refractivity (Wildman–Crippen MR) is 96.2 cm³/mol. The number of benzene rings is 2. The maximum absolute atomic E-state index is 12.6. The van der Waals surface area contributed by atoms with Gasteiger partial charge in [0.05, 0.1) is 10.4 Å². The predicted octanol–water partition coefficient (Wildman–Crippen LogP) is 2.75. The fourth-order valence-electron chi connectivity index (χ4n) is 2.51. The van der Waals surface area contributed by atoms with E-state index >= 15 is 0 Å². The summed E-state index contributed by atoms with van der Waals surface area (Å²) < 4.78 is 0. The number of pyridine rings is 1. The lowest BCUT2D eigenvalue weighted by Gasteiger charge is -2.08. The molecule has 3 aromatic rings. The van der Waals surface area contributed by atoms with Crippen LogP contribution >= 0.6 is 0 Å². The van der Waals surface area contributed by atoms with Crippen LogP contribution in [0.2, 0.25) is 0 Å². The molecule has 0 aliphatic carbocycles. The summed E-state index contributed by atoms with van der Waals surface area (Å²) in [6.45, 7) is 0. The fraction of sp³-hybridized carbons (Fsp3) is 0.0556. The van der Waals surface area contributed by atoms with Gasteiger partial charge < -0.3 is 10.6 Å². The first-order valence-electron chi connectivity index (χ1n) is 7.66. The van der Waals surface area contributed by atoms with Crippen molar-refractivity contribution in [2.75, 3.05) is 12.4 Å². The van der Waals surface area contributed by atoms with Crippen LogP contribution in [0.3, 0.4) is 0 Å². The highest BCUT2D eigenvalue weighted by atomic mass is 16.6. The number of nitro groups is 1. The fourth-order valence-corrected chi connectivity index (χ4v) is 2.51. The number of nitrogens with zero attached hydrogens (tertiary/aromatic N) is 2. The lowest BCUT2D eigenvalue weighted by molar-refractivity contribution is -0.385. The Balaban J connectivity index is 1.96. The third kappa shape index (κ3) is 3.34. The van der Waals surface area contributed by atoms with Crippen LogP contribution in [0, 0.1) is 10.1 Å². The number of fused-ring (bicyclic) bond motifs is 1. The summed E-state index contributed by atoms with van der Waals surface area (Å²) in [4.78, 5) is 39.1. The second-order valence-corrected chi connectivity index (χ2v) is 5.43. The van der Waals surface area contributed by atoms with Crippen LogP contribution in [0.1, 0.15) is 20.7 Å². The molecule has 130 valence electrons. The molecule has 0 bridgehead atoms. The van der Waals surface area contributed by atoms with Crippen LogP contribution in [-0.2, 0) is 0 Å². The highest BCUT2D eigenvalue weighted by Crippen LogP contribution is 2.23. The van der Waals surface area contributed by atoms with E-state index in [1.165, 1.54) is 19.2 Å². The second-order valence-electron chi connectivity index (χ2n) is 5.43. The number of amides is 2. The van der Waals surface area contributed by atoms with Gasteiger partial charge in [-0.3, -0.25) is 24.7 Å². The summed E-state index contributed by atoms with van der Waals surface area (Å²) in [5.74, 6) is -1.11. The molecule has 2 N–H and O–H groups in total. The van der Waals surface area contributed by atoms with Crippen molar-refractivity contribution in [2.24, 2.45) is 0 Å². The van der Waals surface area contributed by atoms with Crippen LogP contribution in [-0.4, -0.2) is 28.8 Å². The molecule has 26 heavy (non-hydrogen) atoms. The van der Waals surface area contributed by atoms with Crippen LogP contribution < -0.4 is 10.6 Å². The van der Waals surface area contributed by atoms with Gasteiger partial charge in [-0.2, -0.15) is 0 Å². The molecule has 2 aromatic carbocycles. The molecule has 1 aromatic heterocycles. The van der Waals surface area contributed by atoms with Gasteiger partial charge in [0.25, 0.3) is 17.5 Å². The maximum Gasteiger partial charge on any atom is 0.282 e. The van der Waals surface area contributed by atoms with Gasteiger partial charge in [0.1, 0.15) is 5.56 Å². The van der Waals surface area contributed by atoms with E-state index in [0.717, 1.165) is 17.0 Å². The minimum Gasteiger partial charge on any atom is -0.355 e. The summed E-state index contributed by atoms with van der Waals surface area (Å²) in [6, 6.07) is 12.4. The van der Waals surface area contributed by atoms with Crippen molar-refractivity contribution >= 4 is 34.1 Å². The average molecular weight is 350 g/mol. The molecule has 0 unspecified atom stereocenters. The minimum atomic E-state index is -0.675. The molecule has 0 aliphatic rings. The van der Waals surface area contributed by atoms with Crippen molar-refractivity contribution in [3.63, 3.8) is 0 Å². The number of carbonyl (C=O) groups excluding carboxylic acids is 2. The summed E-state index contributed by atoms with van der Waals surface area (Å²) in [6.07, 6.45) is 1.66. The van der Waals surface area contributed by atoms with Gasteiger partial charge in [-0.05, 0) is 36.4 Å². The molecule has 8 nitrogen and oxygen atoms in total. The molecule has 2 amide bonds. The molecule has 0 atom stereocenters. The molecular formula is C18H14N4O4. The Kier molecular flexibility index (Phi) is 4.57. The zero-order valence-corrected chi connectivity index (χ0v) is 13.7. The summed E-state index contributed by atoms with van der Waals surface area (Å²) in [5.41, 5.74) is 0.819. The number of hydrogen-bond donors (Lipinski definition) is 2. The van der Waals surface area contributed by atoms with Crippen LogP contribution in [0.4, 0.5) is 11.4 Å². The number of rotatable bonds is 4. The normalized spacial score (nSPS) is 10.3. The Morgan fingerprint density at radius 2 is 1.88 bits per heavy atom. The number of aromatic nitrogens is 1. The van der Waals surface area contributed by atoms with E-state index in [-0.39, 0.29) is 16.8 Å². The van der Waals surface area contributed by atoms with E-state index in [1.54, 1.807) is 30.5 Å². The first-order chi connectivity index (χ1) is 12.5. The molecule has 0 radical (unpaired) electrons. The molecule has 0 saturated heterocycles. The van der Waals surface area contributed by atoms with Crippen molar-refractivity contribution in [1.29, 1.82) is 0 Å². The van der Waals surface area contributed by atoms with Gasteiger partial charge in [-0.25, -0.2) is 0 Å². The Morgan fingerprint density at radius 3 is 2.62 bits per heavy atom. The maximum atomic E-state index is 12.6. The molecule has 3 rings (SSSR count). The van der Waals surface area contributed by atoms with E-state index < -0.39 is 16.7 Å². The second kappa shape index (κ2) is 6.98. The highest BCUT2D eigenvalue weighted by Gasteiger charge is 2.22. The van der Waals surface area contributed by atoms with Gasteiger partial charge in [-0.1, -0.05) is 6.07 Å². The topological polar surface area (TPSA) is 114 Å². The third-order valence-electron chi connectivity index (χ3n) is 3.79. The zero-order valence-electron chi connectivity index (χ0n) is 13.7. The summed E-state index contributed by atoms with van der Waals surface area (Å²) in [7, 11) is 1.44. The Hall–Kier alpha value is -3.81. The molecule has 0 spiro atoms. The van der Waals surface area contributed by atoms with E-state index in [2.05, 4.69) is 15.6 Å². The lowest BCUT2D eigenvalue weighted by Crippen LogP contribution is -2.20. The van der Waals surface area contributed by atoms with Crippen LogP contribution in [0.25, 0.3) is 10.9 Å². The SMILES string of the molecule is CNC(=O)c1ccc([N+](=O)[O-])c(C(=O)Nc2ccc3ncccc3c2)c1. The van der Waals surface area contributed by atoms with Gasteiger partial charge in [-0.15, -0.1) is 0 Å². The monoisotopic (exact) mass is 350 g/mol. The molecular weight excluding hydrogens is 336 g/mol. The highest BCUT2D eigenvalue weighted by molar-refractivity contribution is 6.09. The van der Waals surface area contributed by atoms with Crippen molar-refractivity contribution in [3.8, 4) is 0 Å². The largest absolute Gasteiger partial charge is 0.355 e. The van der Waals surface area contributed by atoms with Gasteiger partial charge >= 0.3 is 0 Å². The molecule has 8 heteroatoms. The van der Waals surface area contributed by atoms with E-state index in [0.29, 0.717) is 5.69 Å². The third-order valence-corrected chi connectivity index (χ3v) is 3.79. The Labute approximate surface area is 148 Å². The molecule has 0 saturated carbocycles. The summed E-state index contributed by atoms with van der Waals surface area (Å²) in [5, 5.41) is 17.1. The lowest BCUT2D eigenvalue weighted by atomic mass is 10.1. The quantitative estimate of drug-likeness (QED) is 0.555. The average Bonchev–Trinajstić information content (AvgIpc) is 2.66. The Bertz CT molecular complexity index is 1030.